The number of aromatic nitrogens is 1. The van der Waals surface area contributed by atoms with Gasteiger partial charge in [0, 0.05) is 57.9 Å². The molecule has 0 bridgehead atoms. The highest BCUT2D eigenvalue weighted by atomic mass is 16.5. The van der Waals surface area contributed by atoms with E-state index in [2.05, 4.69) is 227 Å². The van der Waals surface area contributed by atoms with Gasteiger partial charge in [0.25, 0.3) is 0 Å². The molecule has 4 heteroatoms. The van der Waals surface area contributed by atoms with Gasteiger partial charge in [-0.3, -0.25) is 0 Å². The summed E-state index contributed by atoms with van der Waals surface area (Å²) in [6, 6.07) is 63.9. The number of ether oxygens (including phenoxy) is 1. The predicted octanol–water partition coefficient (Wildman–Crippen LogP) is 13.7. The third kappa shape index (κ3) is 6.12. The molecule has 0 amide bonds. The summed E-state index contributed by atoms with van der Waals surface area (Å²) in [4.78, 5) is 4.85. The smallest absolute Gasteiger partial charge is 0.0791 e. The van der Waals surface area contributed by atoms with Crippen LogP contribution in [0.2, 0.25) is 0 Å². The van der Waals surface area contributed by atoms with Gasteiger partial charge in [-0.05, 0) is 119 Å². The van der Waals surface area contributed by atoms with Crippen LogP contribution in [0.15, 0.2) is 218 Å². The summed E-state index contributed by atoms with van der Waals surface area (Å²) in [7, 11) is 1.79. The van der Waals surface area contributed by atoms with Crippen LogP contribution in [0, 0.1) is 0 Å². The Kier molecular flexibility index (Phi) is 8.71. The highest BCUT2D eigenvalue weighted by Gasteiger charge is 2.39. The molecule has 0 saturated heterocycles. The fraction of sp³-hybridized carbons (Fsp3) is 0.0909. The molecule has 284 valence electrons. The van der Waals surface area contributed by atoms with E-state index in [0.717, 1.165) is 23.5 Å². The lowest BCUT2D eigenvalue weighted by molar-refractivity contribution is 0.142. The van der Waals surface area contributed by atoms with Crippen molar-refractivity contribution < 1.29 is 4.74 Å². The van der Waals surface area contributed by atoms with E-state index in [0.29, 0.717) is 0 Å². The molecule has 59 heavy (non-hydrogen) atoms. The van der Waals surface area contributed by atoms with Crippen molar-refractivity contribution in [1.29, 1.82) is 0 Å². The molecule has 1 aromatic heterocycles. The Morgan fingerprint density at radius 2 is 1.19 bits per heavy atom. The van der Waals surface area contributed by atoms with Crippen molar-refractivity contribution in [1.82, 2.24) is 4.57 Å². The van der Waals surface area contributed by atoms with Crippen LogP contribution in [0.5, 0.6) is 0 Å². The molecule has 11 rings (SSSR count). The van der Waals surface area contributed by atoms with E-state index < -0.39 is 0 Å². The number of rotatable bonds is 8. The van der Waals surface area contributed by atoms with Crippen LogP contribution in [0.1, 0.15) is 23.5 Å². The van der Waals surface area contributed by atoms with E-state index in [9.17, 15) is 0 Å². The lowest BCUT2D eigenvalue weighted by atomic mass is 9.85. The van der Waals surface area contributed by atoms with E-state index in [1.807, 2.05) is 0 Å². The summed E-state index contributed by atoms with van der Waals surface area (Å²) in [5, 5.41) is 2.52. The van der Waals surface area contributed by atoms with Gasteiger partial charge >= 0.3 is 0 Å². The monoisotopic (exact) mass is 761 g/mol. The van der Waals surface area contributed by atoms with Crippen LogP contribution in [0.25, 0.3) is 44.2 Å². The van der Waals surface area contributed by atoms with Crippen LogP contribution < -0.4 is 9.80 Å². The van der Waals surface area contributed by atoms with Crippen molar-refractivity contribution in [3.8, 4) is 16.8 Å². The van der Waals surface area contributed by atoms with Crippen molar-refractivity contribution in [3.05, 3.63) is 229 Å². The van der Waals surface area contributed by atoms with Gasteiger partial charge in [0.05, 0.1) is 23.2 Å². The number of nitrogens with zero attached hydrogens (tertiary/aromatic N) is 3. The molecular formula is C55H43N3O. The summed E-state index contributed by atoms with van der Waals surface area (Å²) >= 11 is 0. The Morgan fingerprint density at radius 1 is 0.559 bits per heavy atom. The molecule has 8 aromatic rings. The molecule has 3 atom stereocenters. The van der Waals surface area contributed by atoms with E-state index in [1.54, 1.807) is 7.11 Å². The van der Waals surface area contributed by atoms with Crippen molar-refractivity contribution >= 4 is 50.1 Å². The van der Waals surface area contributed by atoms with E-state index in [-0.39, 0.29) is 18.1 Å². The average Bonchev–Trinajstić information content (AvgIpc) is 3.82. The van der Waals surface area contributed by atoms with Gasteiger partial charge in [-0.25, -0.2) is 0 Å². The molecule has 0 saturated carbocycles. The van der Waals surface area contributed by atoms with Gasteiger partial charge in [-0.15, -0.1) is 0 Å². The fourth-order valence-electron chi connectivity index (χ4n) is 9.43. The normalized spacial score (nSPS) is 18.1. The molecular weight excluding hydrogens is 719 g/mol. The lowest BCUT2D eigenvalue weighted by Crippen LogP contribution is -2.33. The molecule has 0 radical (unpaired) electrons. The Bertz CT molecular complexity index is 2920. The first-order valence-electron chi connectivity index (χ1n) is 20.6. The zero-order chi connectivity index (χ0) is 39.3. The first-order chi connectivity index (χ1) is 29.2. The molecule has 3 unspecified atom stereocenters. The highest BCUT2D eigenvalue weighted by molar-refractivity contribution is 6.10. The first kappa shape index (κ1) is 35.1. The summed E-state index contributed by atoms with van der Waals surface area (Å²) in [6.07, 6.45) is 15.0. The molecule has 2 heterocycles. The minimum Gasteiger partial charge on any atom is -0.377 e. The standard InChI is InChI=1S/C55H43N3O/c1-59-47-30-28-46(29-31-47)58-54-32-23-39(38-21-26-45(27-22-38)56(42-13-5-2-6-14-42)43-15-7-3-8-16-43)35-50(54)51-37-41(25-34-55(51)58)40-24-33-53-49(36-40)48-19-11-12-20-52(48)57(53)44-17-9-4-10-18-44/h2-30,32-37,47,50,54H,31H2,1H3. The fourth-order valence-corrected chi connectivity index (χ4v) is 9.43. The molecule has 7 aromatic carbocycles. The highest BCUT2D eigenvalue weighted by Crippen LogP contribution is 2.50. The number of anilines is 4. The first-order valence-corrected chi connectivity index (χ1v) is 20.6. The third-order valence-electron chi connectivity index (χ3n) is 12.3. The van der Waals surface area contributed by atoms with E-state index in [1.165, 1.54) is 66.7 Å². The topological polar surface area (TPSA) is 20.6 Å². The molecule has 2 aliphatic carbocycles. The Hall–Kier alpha value is -7.14. The molecule has 0 fully saturated rings. The van der Waals surface area contributed by atoms with Crippen molar-refractivity contribution in [2.45, 2.75) is 24.5 Å². The zero-order valence-corrected chi connectivity index (χ0v) is 32.9. The number of hydrogen-bond acceptors (Lipinski definition) is 3. The van der Waals surface area contributed by atoms with Crippen molar-refractivity contribution in [3.63, 3.8) is 0 Å². The van der Waals surface area contributed by atoms with Gasteiger partial charge in [0.15, 0.2) is 0 Å². The maximum atomic E-state index is 5.69. The van der Waals surface area contributed by atoms with Crippen LogP contribution in [0.4, 0.5) is 22.7 Å². The number of para-hydroxylation sites is 4. The summed E-state index contributed by atoms with van der Waals surface area (Å²) in [6.45, 7) is 0. The molecule has 0 spiro atoms. The second-order valence-corrected chi connectivity index (χ2v) is 15.6. The maximum absolute atomic E-state index is 5.69. The predicted molar refractivity (Wildman–Crippen MR) is 246 cm³/mol. The Labute approximate surface area is 345 Å². The van der Waals surface area contributed by atoms with E-state index >= 15 is 0 Å². The Morgan fingerprint density at radius 3 is 1.90 bits per heavy atom. The SMILES string of the molecule is COC1C=CC(N2c3ccc(-c4ccc5c(c4)c4ccccc4n5-c4ccccc4)cc3C3C=C(c4ccc(N(c5ccccc5)c5ccccc5)cc4)C=CC32)=CC1. The van der Waals surface area contributed by atoms with Crippen LogP contribution in [-0.2, 0) is 4.74 Å². The Balaban J connectivity index is 0.987. The minimum absolute atomic E-state index is 0.109. The van der Waals surface area contributed by atoms with Crippen LogP contribution in [-0.4, -0.2) is 23.8 Å². The maximum Gasteiger partial charge on any atom is 0.0791 e. The van der Waals surface area contributed by atoms with Gasteiger partial charge in [-0.1, -0.05) is 127 Å². The minimum atomic E-state index is 0.109. The average molecular weight is 762 g/mol. The summed E-state index contributed by atoms with van der Waals surface area (Å²) in [5.74, 6) is 0.174. The molecule has 0 N–H and O–H groups in total. The number of allylic oxidation sites excluding steroid dienone is 3. The second-order valence-electron chi connectivity index (χ2n) is 15.6. The summed E-state index contributed by atoms with van der Waals surface area (Å²) in [5.41, 5.74) is 15.7. The van der Waals surface area contributed by atoms with Crippen LogP contribution >= 0.6 is 0 Å². The lowest BCUT2D eigenvalue weighted by Gasteiger charge is -2.32. The van der Waals surface area contributed by atoms with Gasteiger partial charge in [0.2, 0.25) is 0 Å². The number of hydrogen-bond donors (Lipinski definition) is 0. The third-order valence-corrected chi connectivity index (χ3v) is 12.3. The summed E-state index contributed by atoms with van der Waals surface area (Å²) < 4.78 is 8.07. The zero-order valence-electron chi connectivity index (χ0n) is 32.9. The van der Waals surface area contributed by atoms with Crippen molar-refractivity contribution in [2.75, 3.05) is 16.9 Å². The van der Waals surface area contributed by atoms with Gasteiger partial charge in [-0.2, -0.15) is 0 Å². The quantitative estimate of drug-likeness (QED) is 0.154. The number of benzene rings is 7. The number of methoxy groups -OCH3 is 1. The van der Waals surface area contributed by atoms with Gasteiger partial charge < -0.3 is 19.1 Å². The largest absolute Gasteiger partial charge is 0.377 e. The molecule has 3 aliphatic rings. The van der Waals surface area contributed by atoms with E-state index in [4.69, 9.17) is 4.74 Å². The molecule has 1 aliphatic heterocycles. The molecule has 4 nitrogen and oxygen atoms in total. The number of fused-ring (bicyclic) bond motifs is 6. The van der Waals surface area contributed by atoms with Gasteiger partial charge in [0.1, 0.15) is 0 Å². The van der Waals surface area contributed by atoms with Crippen molar-refractivity contribution in [2.24, 2.45) is 0 Å². The second kappa shape index (κ2) is 14.7. The van der Waals surface area contributed by atoms with Crippen LogP contribution in [0.3, 0.4) is 0 Å².